The molecule has 1 heterocycles. The van der Waals surface area contributed by atoms with E-state index >= 15 is 0 Å². The number of nitrogens with zero attached hydrogens (tertiary/aromatic N) is 3. The SMILES string of the molecule is COc1ccc(-c2cnn(CC(=O)Nc3cccc(F)c3)c(=O)n2)cc1. The van der Waals surface area contributed by atoms with E-state index in [-0.39, 0.29) is 6.54 Å². The second kappa shape index (κ2) is 7.56. The Balaban J connectivity index is 1.73. The standard InChI is InChI=1S/C18H15FN4O3/c1-26-15-7-5-12(6-8-15)16-10-20-23(18(25)22-16)11-17(24)21-14-4-2-3-13(19)9-14/h2-10H,11H2,1H3,(H,21,24). The van der Waals surface area contributed by atoms with E-state index in [4.69, 9.17) is 4.74 Å². The van der Waals surface area contributed by atoms with Crippen molar-refractivity contribution < 1.29 is 13.9 Å². The number of hydrogen-bond acceptors (Lipinski definition) is 5. The number of nitrogens with one attached hydrogen (secondary N) is 1. The van der Waals surface area contributed by atoms with Crippen LogP contribution >= 0.6 is 0 Å². The lowest BCUT2D eigenvalue weighted by atomic mass is 10.1. The van der Waals surface area contributed by atoms with Crippen LogP contribution in [0.5, 0.6) is 5.75 Å². The van der Waals surface area contributed by atoms with Gasteiger partial charge in [-0.05, 0) is 42.5 Å². The number of methoxy groups -OCH3 is 1. The highest BCUT2D eigenvalue weighted by Gasteiger charge is 2.09. The van der Waals surface area contributed by atoms with E-state index in [1.165, 1.54) is 24.4 Å². The topological polar surface area (TPSA) is 86.1 Å². The van der Waals surface area contributed by atoms with Crippen LogP contribution in [-0.4, -0.2) is 27.8 Å². The molecule has 0 saturated carbocycles. The van der Waals surface area contributed by atoms with Gasteiger partial charge in [0, 0.05) is 11.3 Å². The summed E-state index contributed by atoms with van der Waals surface area (Å²) in [5, 5.41) is 6.47. The van der Waals surface area contributed by atoms with Crippen molar-refractivity contribution in [3.8, 4) is 17.0 Å². The molecule has 7 nitrogen and oxygen atoms in total. The first-order valence-electron chi connectivity index (χ1n) is 7.69. The van der Waals surface area contributed by atoms with Gasteiger partial charge in [-0.3, -0.25) is 4.79 Å². The van der Waals surface area contributed by atoms with Crippen molar-refractivity contribution >= 4 is 11.6 Å². The second-order valence-electron chi connectivity index (χ2n) is 5.37. The molecule has 0 aliphatic heterocycles. The van der Waals surface area contributed by atoms with E-state index in [0.717, 1.165) is 4.68 Å². The van der Waals surface area contributed by atoms with Gasteiger partial charge in [0.25, 0.3) is 0 Å². The number of amides is 1. The summed E-state index contributed by atoms with van der Waals surface area (Å²) in [4.78, 5) is 28.0. The van der Waals surface area contributed by atoms with Gasteiger partial charge in [0.05, 0.1) is 19.0 Å². The van der Waals surface area contributed by atoms with Crippen molar-refractivity contribution in [1.29, 1.82) is 0 Å². The Bertz CT molecular complexity index is 986. The van der Waals surface area contributed by atoms with Gasteiger partial charge in [0.2, 0.25) is 5.91 Å². The average molecular weight is 354 g/mol. The van der Waals surface area contributed by atoms with Crippen LogP contribution in [0.15, 0.2) is 59.5 Å². The Kier molecular flexibility index (Phi) is 5.02. The molecule has 3 rings (SSSR count). The minimum atomic E-state index is -0.660. The largest absolute Gasteiger partial charge is 0.497 e. The molecule has 2 aromatic carbocycles. The van der Waals surface area contributed by atoms with E-state index in [2.05, 4.69) is 15.4 Å². The first-order valence-corrected chi connectivity index (χ1v) is 7.69. The predicted octanol–water partition coefficient (Wildman–Crippen LogP) is 2.09. The summed E-state index contributed by atoms with van der Waals surface area (Å²) < 4.78 is 19.1. The number of benzene rings is 2. The van der Waals surface area contributed by atoms with Crippen molar-refractivity contribution in [3.63, 3.8) is 0 Å². The van der Waals surface area contributed by atoms with Crippen LogP contribution in [-0.2, 0) is 11.3 Å². The molecule has 0 fully saturated rings. The molecule has 1 amide bonds. The monoisotopic (exact) mass is 354 g/mol. The average Bonchev–Trinajstić information content (AvgIpc) is 2.63. The third kappa shape index (κ3) is 4.10. The smallest absolute Gasteiger partial charge is 0.365 e. The molecule has 132 valence electrons. The first kappa shape index (κ1) is 17.3. The van der Waals surface area contributed by atoms with E-state index in [9.17, 15) is 14.0 Å². The molecule has 0 atom stereocenters. The van der Waals surface area contributed by atoms with E-state index in [0.29, 0.717) is 22.7 Å². The van der Waals surface area contributed by atoms with Crippen LogP contribution in [0.4, 0.5) is 10.1 Å². The Hall–Kier alpha value is -3.55. The van der Waals surface area contributed by atoms with Gasteiger partial charge in [-0.25, -0.2) is 13.9 Å². The third-order valence-corrected chi connectivity index (χ3v) is 3.54. The zero-order valence-corrected chi connectivity index (χ0v) is 13.8. The highest BCUT2D eigenvalue weighted by Crippen LogP contribution is 2.18. The number of anilines is 1. The molecule has 0 bridgehead atoms. The molecule has 0 unspecified atom stereocenters. The van der Waals surface area contributed by atoms with Gasteiger partial charge in [0.15, 0.2) is 0 Å². The summed E-state index contributed by atoms with van der Waals surface area (Å²) in [6, 6.07) is 12.5. The molecule has 26 heavy (non-hydrogen) atoms. The lowest BCUT2D eigenvalue weighted by molar-refractivity contribution is -0.117. The Morgan fingerprint density at radius 2 is 2.00 bits per heavy atom. The summed E-state index contributed by atoms with van der Waals surface area (Å²) in [5.74, 6) is -0.295. The molecule has 8 heteroatoms. The third-order valence-electron chi connectivity index (χ3n) is 3.54. The summed E-state index contributed by atoms with van der Waals surface area (Å²) in [5.41, 5.74) is 0.727. The van der Waals surface area contributed by atoms with E-state index in [1.54, 1.807) is 37.4 Å². The normalized spacial score (nSPS) is 10.4. The molecular formula is C18H15FN4O3. The van der Waals surface area contributed by atoms with Crippen molar-refractivity contribution in [3.05, 3.63) is 71.0 Å². The Morgan fingerprint density at radius 1 is 1.23 bits per heavy atom. The van der Waals surface area contributed by atoms with Crippen LogP contribution in [0.1, 0.15) is 0 Å². The Morgan fingerprint density at radius 3 is 2.65 bits per heavy atom. The van der Waals surface area contributed by atoms with Crippen LogP contribution in [0.3, 0.4) is 0 Å². The zero-order chi connectivity index (χ0) is 18.5. The Labute approximate surface area is 148 Å². The molecule has 3 aromatic rings. The first-order chi connectivity index (χ1) is 12.5. The molecule has 1 N–H and O–H groups in total. The van der Waals surface area contributed by atoms with Crippen LogP contribution in [0.25, 0.3) is 11.3 Å². The summed E-state index contributed by atoms with van der Waals surface area (Å²) in [6.45, 7) is -0.328. The maximum Gasteiger partial charge on any atom is 0.365 e. The van der Waals surface area contributed by atoms with Gasteiger partial charge >= 0.3 is 5.69 Å². The highest BCUT2D eigenvalue weighted by atomic mass is 19.1. The number of hydrogen-bond donors (Lipinski definition) is 1. The molecule has 0 radical (unpaired) electrons. The van der Waals surface area contributed by atoms with Crippen molar-refractivity contribution in [2.45, 2.75) is 6.54 Å². The van der Waals surface area contributed by atoms with Gasteiger partial charge in [-0.1, -0.05) is 6.07 Å². The maximum atomic E-state index is 13.1. The minimum absolute atomic E-state index is 0.297. The molecular weight excluding hydrogens is 339 g/mol. The van der Waals surface area contributed by atoms with Crippen molar-refractivity contribution in [2.24, 2.45) is 0 Å². The van der Waals surface area contributed by atoms with Gasteiger partial charge < -0.3 is 10.1 Å². The minimum Gasteiger partial charge on any atom is -0.497 e. The molecule has 0 saturated heterocycles. The number of carbonyl (C=O) groups is 1. The van der Waals surface area contributed by atoms with Crippen LogP contribution in [0.2, 0.25) is 0 Å². The van der Waals surface area contributed by atoms with Gasteiger partial charge in [0.1, 0.15) is 18.1 Å². The number of aromatic nitrogens is 3. The van der Waals surface area contributed by atoms with Gasteiger partial charge in [-0.15, -0.1) is 0 Å². The zero-order valence-electron chi connectivity index (χ0n) is 13.8. The summed E-state index contributed by atoms with van der Waals surface area (Å²) in [6.07, 6.45) is 1.40. The van der Waals surface area contributed by atoms with E-state index < -0.39 is 17.4 Å². The fourth-order valence-electron chi connectivity index (χ4n) is 2.28. The quantitative estimate of drug-likeness (QED) is 0.758. The lowest BCUT2D eigenvalue weighted by Gasteiger charge is -2.07. The summed E-state index contributed by atoms with van der Waals surface area (Å²) in [7, 11) is 1.56. The van der Waals surface area contributed by atoms with E-state index in [1.807, 2.05) is 0 Å². The van der Waals surface area contributed by atoms with Crippen LogP contribution < -0.4 is 15.7 Å². The maximum absolute atomic E-state index is 13.1. The number of carbonyl (C=O) groups excluding carboxylic acids is 1. The fraction of sp³-hybridized carbons (Fsp3) is 0.111. The number of ether oxygens (including phenoxy) is 1. The van der Waals surface area contributed by atoms with Crippen LogP contribution in [0, 0.1) is 5.82 Å². The molecule has 0 aliphatic carbocycles. The predicted molar refractivity (Wildman–Crippen MR) is 93.3 cm³/mol. The molecule has 1 aromatic heterocycles. The number of rotatable bonds is 5. The van der Waals surface area contributed by atoms with Gasteiger partial charge in [-0.2, -0.15) is 10.1 Å². The second-order valence-corrected chi connectivity index (χ2v) is 5.37. The molecule has 0 aliphatic rings. The van der Waals surface area contributed by atoms with Crippen molar-refractivity contribution in [1.82, 2.24) is 14.8 Å². The number of halogens is 1. The molecule has 0 spiro atoms. The lowest BCUT2D eigenvalue weighted by Crippen LogP contribution is -2.31. The highest BCUT2D eigenvalue weighted by molar-refractivity contribution is 5.90. The van der Waals surface area contributed by atoms with Crippen molar-refractivity contribution in [2.75, 3.05) is 12.4 Å². The summed E-state index contributed by atoms with van der Waals surface area (Å²) >= 11 is 0. The fourth-order valence-corrected chi connectivity index (χ4v) is 2.28.